The standard InChI is InChI=1S/C15H33N3/c1-5-15(6-2,13-16)18(4)12-10-14-9-7-8-11-17(14)3/h14H,5-13,16H2,1-4H3. The lowest BCUT2D eigenvalue weighted by atomic mass is 9.90. The molecule has 1 saturated heterocycles. The minimum Gasteiger partial charge on any atom is -0.329 e. The zero-order chi connectivity index (χ0) is 13.6. The second kappa shape index (κ2) is 7.46. The summed E-state index contributed by atoms with van der Waals surface area (Å²) in [5.74, 6) is 0. The van der Waals surface area contributed by atoms with Crippen LogP contribution in [0.25, 0.3) is 0 Å². The Labute approximate surface area is 114 Å². The van der Waals surface area contributed by atoms with E-state index in [-0.39, 0.29) is 5.54 Å². The summed E-state index contributed by atoms with van der Waals surface area (Å²) in [7, 11) is 4.53. The Morgan fingerprint density at radius 1 is 1.28 bits per heavy atom. The lowest BCUT2D eigenvalue weighted by Crippen LogP contribution is -2.52. The summed E-state index contributed by atoms with van der Waals surface area (Å²) < 4.78 is 0. The number of likely N-dealkylation sites (N-methyl/N-ethyl adjacent to an activating group) is 1. The molecule has 1 rings (SSSR count). The quantitative estimate of drug-likeness (QED) is 0.758. The van der Waals surface area contributed by atoms with Gasteiger partial charge in [-0.1, -0.05) is 20.3 Å². The SMILES string of the molecule is CCC(CC)(CN)N(C)CCC1CCCCN1C. The number of likely N-dealkylation sites (tertiary alicyclic amines) is 1. The monoisotopic (exact) mass is 255 g/mol. The van der Waals surface area contributed by atoms with Crippen molar-refractivity contribution < 1.29 is 0 Å². The zero-order valence-electron chi connectivity index (χ0n) is 12.9. The maximum atomic E-state index is 6.01. The highest BCUT2D eigenvalue weighted by molar-refractivity contribution is 4.88. The van der Waals surface area contributed by atoms with Crippen molar-refractivity contribution in [1.82, 2.24) is 9.80 Å². The molecule has 1 aliphatic heterocycles. The van der Waals surface area contributed by atoms with Gasteiger partial charge in [-0.25, -0.2) is 0 Å². The van der Waals surface area contributed by atoms with Gasteiger partial charge < -0.3 is 10.6 Å². The molecule has 1 aliphatic rings. The highest BCUT2D eigenvalue weighted by Crippen LogP contribution is 2.23. The first-order valence-corrected chi connectivity index (χ1v) is 7.71. The van der Waals surface area contributed by atoms with E-state index in [4.69, 9.17) is 5.73 Å². The molecule has 2 N–H and O–H groups in total. The Hall–Kier alpha value is -0.120. The maximum Gasteiger partial charge on any atom is 0.0323 e. The highest BCUT2D eigenvalue weighted by Gasteiger charge is 2.30. The van der Waals surface area contributed by atoms with E-state index in [0.29, 0.717) is 0 Å². The van der Waals surface area contributed by atoms with E-state index in [0.717, 1.165) is 25.4 Å². The lowest BCUT2D eigenvalue weighted by molar-refractivity contribution is 0.0918. The van der Waals surface area contributed by atoms with Gasteiger partial charge in [0.25, 0.3) is 0 Å². The minimum atomic E-state index is 0.216. The summed E-state index contributed by atoms with van der Waals surface area (Å²) in [6.45, 7) is 7.75. The fourth-order valence-corrected chi connectivity index (χ4v) is 3.32. The second-order valence-corrected chi connectivity index (χ2v) is 5.98. The van der Waals surface area contributed by atoms with Gasteiger partial charge in [0.05, 0.1) is 0 Å². The van der Waals surface area contributed by atoms with Crippen LogP contribution < -0.4 is 5.73 Å². The van der Waals surface area contributed by atoms with Crippen molar-refractivity contribution in [3.63, 3.8) is 0 Å². The van der Waals surface area contributed by atoms with Gasteiger partial charge in [-0.3, -0.25) is 4.90 Å². The van der Waals surface area contributed by atoms with E-state index in [1.165, 1.54) is 38.8 Å². The molecule has 1 fully saturated rings. The summed E-state index contributed by atoms with van der Waals surface area (Å²) in [5.41, 5.74) is 6.23. The molecule has 108 valence electrons. The molecule has 0 radical (unpaired) electrons. The highest BCUT2D eigenvalue weighted by atomic mass is 15.2. The first kappa shape index (κ1) is 15.9. The lowest BCUT2D eigenvalue weighted by Gasteiger charge is -2.42. The van der Waals surface area contributed by atoms with Gasteiger partial charge in [0.1, 0.15) is 0 Å². The van der Waals surface area contributed by atoms with Crippen molar-refractivity contribution in [2.75, 3.05) is 33.7 Å². The van der Waals surface area contributed by atoms with Crippen molar-refractivity contribution in [3.8, 4) is 0 Å². The Morgan fingerprint density at radius 3 is 2.44 bits per heavy atom. The summed E-state index contributed by atoms with van der Waals surface area (Å²) in [5, 5.41) is 0. The molecule has 0 spiro atoms. The van der Waals surface area contributed by atoms with Crippen LogP contribution in [0.3, 0.4) is 0 Å². The van der Waals surface area contributed by atoms with Crippen molar-refractivity contribution in [1.29, 1.82) is 0 Å². The Balaban J connectivity index is 2.45. The van der Waals surface area contributed by atoms with Crippen molar-refractivity contribution in [2.24, 2.45) is 5.73 Å². The van der Waals surface area contributed by atoms with E-state index in [9.17, 15) is 0 Å². The van der Waals surface area contributed by atoms with Crippen LogP contribution in [-0.2, 0) is 0 Å². The first-order valence-electron chi connectivity index (χ1n) is 7.71. The van der Waals surface area contributed by atoms with E-state index in [2.05, 4.69) is 37.7 Å². The third-order valence-electron chi connectivity index (χ3n) is 5.23. The molecular formula is C15H33N3. The van der Waals surface area contributed by atoms with Crippen molar-refractivity contribution in [3.05, 3.63) is 0 Å². The fourth-order valence-electron chi connectivity index (χ4n) is 3.32. The molecule has 1 atom stereocenters. The van der Waals surface area contributed by atoms with Crippen molar-refractivity contribution >= 4 is 0 Å². The van der Waals surface area contributed by atoms with Gasteiger partial charge in [-0.2, -0.15) is 0 Å². The molecule has 1 unspecified atom stereocenters. The third-order valence-corrected chi connectivity index (χ3v) is 5.23. The number of hydrogen-bond donors (Lipinski definition) is 1. The van der Waals surface area contributed by atoms with Gasteiger partial charge >= 0.3 is 0 Å². The first-order chi connectivity index (χ1) is 8.59. The average molecular weight is 255 g/mol. The fraction of sp³-hybridized carbons (Fsp3) is 1.00. The van der Waals surface area contributed by atoms with Crippen LogP contribution >= 0.6 is 0 Å². The Morgan fingerprint density at radius 2 is 1.94 bits per heavy atom. The smallest absolute Gasteiger partial charge is 0.0323 e. The number of nitrogens with zero attached hydrogens (tertiary/aromatic N) is 2. The third kappa shape index (κ3) is 3.69. The number of nitrogens with two attached hydrogens (primary N) is 1. The van der Waals surface area contributed by atoms with Crippen LogP contribution in [0, 0.1) is 0 Å². The largest absolute Gasteiger partial charge is 0.329 e. The molecule has 0 saturated carbocycles. The Kier molecular flexibility index (Phi) is 6.61. The van der Waals surface area contributed by atoms with Crippen LogP contribution in [0.2, 0.25) is 0 Å². The van der Waals surface area contributed by atoms with Gasteiger partial charge in [-0.15, -0.1) is 0 Å². The van der Waals surface area contributed by atoms with E-state index < -0.39 is 0 Å². The van der Waals surface area contributed by atoms with Gasteiger partial charge in [0.2, 0.25) is 0 Å². The molecule has 0 bridgehead atoms. The van der Waals surface area contributed by atoms with E-state index >= 15 is 0 Å². The molecule has 3 nitrogen and oxygen atoms in total. The average Bonchev–Trinajstić information content (AvgIpc) is 2.40. The summed E-state index contributed by atoms with van der Waals surface area (Å²) in [6, 6.07) is 0.783. The molecule has 3 heteroatoms. The summed E-state index contributed by atoms with van der Waals surface area (Å²) >= 11 is 0. The number of piperidine rings is 1. The van der Waals surface area contributed by atoms with Gasteiger partial charge in [0, 0.05) is 18.1 Å². The van der Waals surface area contributed by atoms with Gasteiger partial charge in [-0.05, 0) is 59.3 Å². The molecule has 0 amide bonds. The topological polar surface area (TPSA) is 32.5 Å². The van der Waals surface area contributed by atoms with E-state index in [1.807, 2.05) is 0 Å². The van der Waals surface area contributed by atoms with Crippen LogP contribution in [0.1, 0.15) is 52.4 Å². The van der Waals surface area contributed by atoms with Crippen LogP contribution in [-0.4, -0.2) is 55.1 Å². The predicted octanol–water partition coefficient (Wildman–Crippen LogP) is 2.31. The Bertz CT molecular complexity index is 218. The summed E-state index contributed by atoms with van der Waals surface area (Å²) in [4.78, 5) is 5.05. The molecular weight excluding hydrogens is 222 g/mol. The predicted molar refractivity (Wildman–Crippen MR) is 79.9 cm³/mol. The van der Waals surface area contributed by atoms with E-state index in [1.54, 1.807) is 0 Å². The van der Waals surface area contributed by atoms with Gasteiger partial charge in [0.15, 0.2) is 0 Å². The molecule has 18 heavy (non-hydrogen) atoms. The number of rotatable bonds is 7. The normalized spacial score (nSPS) is 22.7. The minimum absolute atomic E-state index is 0.216. The molecule has 1 heterocycles. The van der Waals surface area contributed by atoms with Crippen LogP contribution in [0.4, 0.5) is 0 Å². The van der Waals surface area contributed by atoms with Crippen LogP contribution in [0.15, 0.2) is 0 Å². The zero-order valence-corrected chi connectivity index (χ0v) is 12.9. The molecule has 0 aliphatic carbocycles. The molecule has 0 aromatic carbocycles. The number of hydrogen-bond acceptors (Lipinski definition) is 3. The second-order valence-electron chi connectivity index (χ2n) is 5.98. The molecule has 0 aromatic rings. The molecule has 0 aromatic heterocycles. The van der Waals surface area contributed by atoms with Crippen molar-refractivity contribution in [2.45, 2.75) is 64.0 Å². The maximum absolute atomic E-state index is 6.01. The summed E-state index contributed by atoms with van der Waals surface area (Å²) in [6.07, 6.45) is 7.74. The van der Waals surface area contributed by atoms with Crippen LogP contribution in [0.5, 0.6) is 0 Å².